The molecule has 132 valence electrons. The van der Waals surface area contributed by atoms with Gasteiger partial charge in [-0.15, -0.1) is 0 Å². The van der Waals surface area contributed by atoms with E-state index < -0.39 is 0 Å². The summed E-state index contributed by atoms with van der Waals surface area (Å²) in [5.74, 6) is -0.0517. The summed E-state index contributed by atoms with van der Waals surface area (Å²) in [6, 6.07) is 8.26. The maximum absolute atomic E-state index is 12.0. The van der Waals surface area contributed by atoms with Crippen LogP contribution in [0.4, 0.5) is 0 Å². The van der Waals surface area contributed by atoms with Crippen LogP contribution in [0.15, 0.2) is 35.9 Å². The largest absolute Gasteiger partial charge is 0.364 e. The average molecular weight is 330 g/mol. The lowest BCUT2D eigenvalue weighted by molar-refractivity contribution is -0.127. The zero-order valence-corrected chi connectivity index (χ0v) is 14.9. The van der Waals surface area contributed by atoms with Gasteiger partial charge in [-0.3, -0.25) is 4.79 Å². The van der Waals surface area contributed by atoms with Crippen LogP contribution in [0.3, 0.4) is 0 Å². The van der Waals surface area contributed by atoms with Crippen LogP contribution < -0.4 is 10.6 Å². The maximum Gasteiger partial charge on any atom is 0.246 e. The van der Waals surface area contributed by atoms with Gasteiger partial charge >= 0.3 is 0 Å². The fraction of sp³-hybridized carbons (Fsp3) is 0.550. The van der Waals surface area contributed by atoms with Gasteiger partial charge in [0.1, 0.15) is 6.61 Å². The lowest BCUT2D eigenvalue weighted by Gasteiger charge is -2.20. The Morgan fingerprint density at radius 1 is 1.12 bits per heavy atom. The van der Waals surface area contributed by atoms with Crippen molar-refractivity contribution in [2.75, 3.05) is 13.7 Å². The molecule has 1 atom stereocenters. The fourth-order valence-electron chi connectivity index (χ4n) is 2.96. The molecule has 0 saturated heterocycles. The molecule has 1 amide bonds. The molecule has 2 rings (SSSR count). The van der Waals surface area contributed by atoms with E-state index in [0.29, 0.717) is 6.54 Å². The summed E-state index contributed by atoms with van der Waals surface area (Å²) in [5.41, 5.74) is 3.61. The van der Waals surface area contributed by atoms with E-state index in [9.17, 15) is 4.79 Å². The van der Waals surface area contributed by atoms with Crippen molar-refractivity contribution in [2.24, 2.45) is 0 Å². The number of ether oxygens (including phenoxy) is 1. The van der Waals surface area contributed by atoms with Gasteiger partial charge in [0.15, 0.2) is 0 Å². The second kappa shape index (κ2) is 10.3. The molecule has 0 aliphatic heterocycles. The molecule has 0 fully saturated rings. The van der Waals surface area contributed by atoms with Gasteiger partial charge in [-0.1, -0.05) is 43.2 Å². The number of benzene rings is 1. The molecular weight excluding hydrogens is 300 g/mol. The van der Waals surface area contributed by atoms with E-state index in [1.807, 2.05) is 7.05 Å². The third-order valence-corrected chi connectivity index (χ3v) is 4.45. The van der Waals surface area contributed by atoms with E-state index in [1.165, 1.54) is 30.4 Å². The Labute approximate surface area is 145 Å². The van der Waals surface area contributed by atoms with Crippen LogP contribution in [0.1, 0.15) is 50.2 Å². The molecule has 0 heterocycles. The molecule has 0 saturated carbocycles. The van der Waals surface area contributed by atoms with Crippen LogP contribution in [0.5, 0.6) is 0 Å². The molecule has 1 aromatic carbocycles. The Bertz CT molecular complexity index is 537. The molecule has 1 aromatic rings. The minimum atomic E-state index is -0.0517. The molecule has 0 bridgehead atoms. The smallest absolute Gasteiger partial charge is 0.246 e. The Balaban J connectivity index is 1.73. The van der Waals surface area contributed by atoms with Gasteiger partial charge in [0.05, 0.1) is 6.10 Å². The van der Waals surface area contributed by atoms with Crippen molar-refractivity contribution in [1.82, 2.24) is 10.6 Å². The SMILES string of the molecule is CNCc1ccc(CNC(=O)COC2CCCCCC=C2C)cc1. The minimum Gasteiger partial charge on any atom is -0.364 e. The highest BCUT2D eigenvalue weighted by molar-refractivity contribution is 5.77. The first-order valence-electron chi connectivity index (χ1n) is 8.96. The van der Waals surface area contributed by atoms with Crippen molar-refractivity contribution < 1.29 is 9.53 Å². The van der Waals surface area contributed by atoms with E-state index in [-0.39, 0.29) is 18.6 Å². The van der Waals surface area contributed by atoms with Gasteiger partial charge in [0.25, 0.3) is 0 Å². The molecule has 0 spiro atoms. The van der Waals surface area contributed by atoms with E-state index >= 15 is 0 Å². The van der Waals surface area contributed by atoms with Crippen molar-refractivity contribution in [3.05, 3.63) is 47.0 Å². The zero-order valence-electron chi connectivity index (χ0n) is 14.9. The quantitative estimate of drug-likeness (QED) is 0.754. The molecular formula is C20H30N2O2. The number of allylic oxidation sites excluding steroid dienone is 1. The van der Waals surface area contributed by atoms with Gasteiger partial charge in [-0.05, 0) is 49.9 Å². The van der Waals surface area contributed by atoms with E-state index in [2.05, 4.69) is 47.9 Å². The van der Waals surface area contributed by atoms with Gasteiger partial charge in [-0.2, -0.15) is 0 Å². The molecule has 24 heavy (non-hydrogen) atoms. The molecule has 1 aliphatic carbocycles. The van der Waals surface area contributed by atoms with Crippen LogP contribution >= 0.6 is 0 Å². The fourth-order valence-corrected chi connectivity index (χ4v) is 2.96. The number of hydrogen-bond acceptors (Lipinski definition) is 3. The summed E-state index contributed by atoms with van der Waals surface area (Å²) in [4.78, 5) is 12.0. The Hall–Kier alpha value is -1.65. The summed E-state index contributed by atoms with van der Waals surface area (Å²) in [7, 11) is 1.93. The van der Waals surface area contributed by atoms with Gasteiger partial charge in [0, 0.05) is 13.1 Å². The number of carbonyl (C=O) groups is 1. The first-order valence-corrected chi connectivity index (χ1v) is 8.96. The molecule has 4 heteroatoms. The van der Waals surface area contributed by atoms with E-state index in [0.717, 1.165) is 24.9 Å². The number of carbonyl (C=O) groups excluding carboxylic acids is 1. The van der Waals surface area contributed by atoms with Crippen LogP contribution in [-0.2, 0) is 22.6 Å². The number of hydrogen-bond donors (Lipinski definition) is 2. The first-order chi connectivity index (χ1) is 11.7. The second-order valence-electron chi connectivity index (χ2n) is 6.51. The molecule has 0 radical (unpaired) electrons. The Morgan fingerprint density at radius 3 is 2.54 bits per heavy atom. The zero-order chi connectivity index (χ0) is 17.2. The lowest BCUT2D eigenvalue weighted by Crippen LogP contribution is -2.30. The highest BCUT2D eigenvalue weighted by Crippen LogP contribution is 2.19. The van der Waals surface area contributed by atoms with Crippen molar-refractivity contribution in [3.8, 4) is 0 Å². The highest BCUT2D eigenvalue weighted by Gasteiger charge is 2.14. The maximum atomic E-state index is 12.0. The Kier molecular flexibility index (Phi) is 7.99. The monoisotopic (exact) mass is 330 g/mol. The number of nitrogens with one attached hydrogen (secondary N) is 2. The summed E-state index contributed by atoms with van der Waals surface area (Å²) in [6.07, 6.45) is 8.18. The molecule has 2 N–H and O–H groups in total. The van der Waals surface area contributed by atoms with E-state index in [1.54, 1.807) is 0 Å². The molecule has 1 unspecified atom stereocenters. The third-order valence-electron chi connectivity index (χ3n) is 4.45. The summed E-state index contributed by atoms with van der Waals surface area (Å²) in [5, 5.41) is 6.06. The molecule has 1 aliphatic rings. The average Bonchev–Trinajstić information content (AvgIpc) is 2.57. The summed E-state index contributed by atoms with van der Waals surface area (Å²) < 4.78 is 5.84. The van der Waals surface area contributed by atoms with E-state index in [4.69, 9.17) is 4.74 Å². The van der Waals surface area contributed by atoms with Gasteiger partial charge < -0.3 is 15.4 Å². The normalized spacial score (nSPS) is 18.4. The van der Waals surface area contributed by atoms with Crippen LogP contribution in [0.25, 0.3) is 0 Å². The van der Waals surface area contributed by atoms with Crippen molar-refractivity contribution in [3.63, 3.8) is 0 Å². The van der Waals surface area contributed by atoms with Crippen molar-refractivity contribution in [2.45, 2.75) is 58.2 Å². The van der Waals surface area contributed by atoms with Gasteiger partial charge in [0.2, 0.25) is 5.91 Å². The van der Waals surface area contributed by atoms with Crippen LogP contribution in [0, 0.1) is 0 Å². The summed E-state index contributed by atoms with van der Waals surface area (Å²) in [6.45, 7) is 3.64. The van der Waals surface area contributed by atoms with Crippen molar-refractivity contribution >= 4 is 5.91 Å². The predicted molar refractivity (Wildman–Crippen MR) is 97.6 cm³/mol. The van der Waals surface area contributed by atoms with Gasteiger partial charge in [-0.25, -0.2) is 0 Å². The van der Waals surface area contributed by atoms with Crippen LogP contribution in [0.2, 0.25) is 0 Å². The second-order valence-corrected chi connectivity index (χ2v) is 6.51. The topological polar surface area (TPSA) is 50.4 Å². The third kappa shape index (κ3) is 6.46. The Morgan fingerprint density at radius 2 is 1.83 bits per heavy atom. The van der Waals surface area contributed by atoms with Crippen molar-refractivity contribution in [1.29, 1.82) is 0 Å². The standard InChI is InChI=1S/C20H30N2O2/c1-16-7-5-3-4-6-8-19(16)24-15-20(23)22-14-18-11-9-17(10-12-18)13-21-2/h7,9-12,19,21H,3-6,8,13-15H2,1-2H3,(H,22,23). The molecule has 4 nitrogen and oxygen atoms in total. The lowest BCUT2D eigenvalue weighted by atomic mass is 9.98. The number of rotatable bonds is 7. The predicted octanol–water partition coefficient (Wildman–Crippen LogP) is 3.32. The highest BCUT2D eigenvalue weighted by atomic mass is 16.5. The molecule has 0 aromatic heterocycles. The minimum absolute atomic E-state index is 0.0517. The summed E-state index contributed by atoms with van der Waals surface area (Å²) >= 11 is 0. The first kappa shape index (κ1) is 18.7. The van der Waals surface area contributed by atoms with Crippen LogP contribution in [-0.4, -0.2) is 25.7 Å². The number of amides is 1.